The Balaban J connectivity index is 0.000000145. The molecule has 0 amide bonds. The van der Waals surface area contributed by atoms with Gasteiger partial charge in [-0.25, -0.2) is 21.8 Å². The summed E-state index contributed by atoms with van der Waals surface area (Å²) in [5, 5.41) is 0. The van der Waals surface area contributed by atoms with Gasteiger partial charge in [0, 0.05) is 24.9 Å². The summed E-state index contributed by atoms with van der Waals surface area (Å²) in [6.07, 6.45) is 4.12. The molecule has 2 N–H and O–H groups in total. The summed E-state index contributed by atoms with van der Waals surface area (Å²) in [6.45, 7) is 2.11. The number of hydrogen-bond donors (Lipinski definition) is 2. The van der Waals surface area contributed by atoms with E-state index in [1.807, 2.05) is 12.3 Å². The first kappa shape index (κ1) is 19.3. The third kappa shape index (κ3) is 3.67. The Morgan fingerprint density at radius 3 is 2.10 bits per heavy atom. The van der Waals surface area contributed by atoms with Gasteiger partial charge in [-0.05, 0) is 36.4 Å². The molecule has 0 saturated heterocycles. The zero-order chi connectivity index (χ0) is 20.6. The molecule has 7 nitrogen and oxygen atoms in total. The fourth-order valence-corrected chi connectivity index (χ4v) is 6.61. The van der Waals surface area contributed by atoms with Crippen LogP contribution in [0.5, 0.6) is 0 Å². The molecule has 148 valence electrons. The molecule has 0 bridgehead atoms. The minimum absolute atomic E-state index is 0.241. The van der Waals surface area contributed by atoms with Crippen molar-refractivity contribution in [2.45, 2.75) is 16.7 Å². The number of sulfonamides is 2. The standard InChI is InChI=1S/C14H12N2.C6H4NO4S2/c1-10-13(9-11-5-4-8-15-11)12-6-2-3-7-14(12)16-10;8-12(9)5-3-1-2-4-6(5)13(10,11)7-12/h2-9,15H,1H3;1-4H/q;-1/p+1/b13-9+;. The highest BCUT2D eigenvalue weighted by Gasteiger charge is 2.26. The highest BCUT2D eigenvalue weighted by molar-refractivity contribution is 8.14. The number of rotatable bonds is 1. The summed E-state index contributed by atoms with van der Waals surface area (Å²) in [7, 11) is -7.95. The molecule has 29 heavy (non-hydrogen) atoms. The summed E-state index contributed by atoms with van der Waals surface area (Å²) in [5.74, 6) is 0. The van der Waals surface area contributed by atoms with Gasteiger partial charge >= 0.3 is 0 Å². The Kier molecular flexibility index (Phi) is 4.73. The molecular formula is C20H17N3O4S2. The number of nitrogens with zero attached hydrogens (tertiary/aromatic N) is 1. The summed E-state index contributed by atoms with van der Waals surface area (Å²) in [6, 6.07) is 17.8. The zero-order valence-electron chi connectivity index (χ0n) is 15.3. The van der Waals surface area contributed by atoms with Crippen molar-refractivity contribution >= 4 is 43.1 Å². The molecule has 0 fully saturated rings. The van der Waals surface area contributed by atoms with E-state index in [1.165, 1.54) is 46.8 Å². The van der Waals surface area contributed by atoms with Crippen LogP contribution in [-0.2, 0) is 20.0 Å². The lowest BCUT2D eigenvalue weighted by atomic mass is 10.0. The predicted molar refractivity (Wildman–Crippen MR) is 111 cm³/mol. The Bertz CT molecular complexity index is 1300. The highest BCUT2D eigenvalue weighted by Crippen LogP contribution is 2.37. The third-order valence-electron chi connectivity index (χ3n) is 4.47. The number of fused-ring (bicyclic) bond motifs is 2. The number of nitrogens with one attached hydrogen (secondary N) is 2. The molecule has 2 aliphatic rings. The van der Waals surface area contributed by atoms with Crippen LogP contribution in [0.4, 0.5) is 5.69 Å². The Hall–Kier alpha value is -3.01. The van der Waals surface area contributed by atoms with Gasteiger partial charge in [-0.3, -0.25) is 0 Å². The van der Waals surface area contributed by atoms with Crippen LogP contribution in [0.3, 0.4) is 0 Å². The Morgan fingerprint density at radius 2 is 1.48 bits per heavy atom. The van der Waals surface area contributed by atoms with E-state index in [0.717, 1.165) is 5.69 Å². The lowest BCUT2D eigenvalue weighted by Crippen LogP contribution is -2.62. The van der Waals surface area contributed by atoms with Gasteiger partial charge in [0.15, 0.2) is 5.71 Å². The predicted octanol–water partition coefficient (Wildman–Crippen LogP) is 2.19. The minimum atomic E-state index is -3.98. The van der Waals surface area contributed by atoms with Crippen molar-refractivity contribution in [3.8, 4) is 0 Å². The van der Waals surface area contributed by atoms with Gasteiger partial charge in [0.25, 0.3) is 0 Å². The minimum Gasteiger partial charge on any atom is -0.428 e. The van der Waals surface area contributed by atoms with Crippen LogP contribution < -0.4 is 4.99 Å². The first-order valence-electron chi connectivity index (χ1n) is 8.67. The maximum atomic E-state index is 11.1. The maximum absolute atomic E-state index is 11.1. The van der Waals surface area contributed by atoms with Gasteiger partial charge < -0.3 is 9.11 Å². The van der Waals surface area contributed by atoms with Crippen LogP contribution in [0.1, 0.15) is 18.2 Å². The van der Waals surface area contributed by atoms with E-state index in [-0.39, 0.29) is 9.79 Å². The zero-order valence-corrected chi connectivity index (χ0v) is 17.0. The molecule has 2 aliphatic heterocycles. The molecule has 0 radical (unpaired) electrons. The largest absolute Gasteiger partial charge is 0.428 e. The van der Waals surface area contributed by atoms with Crippen LogP contribution in [0, 0.1) is 0 Å². The fraction of sp³-hybridized carbons (Fsp3) is 0.0500. The first-order chi connectivity index (χ1) is 13.8. The summed E-state index contributed by atoms with van der Waals surface area (Å²) in [4.78, 5) is 6.11. The SMILES string of the molecule is CC1=[NH+]c2ccccc2/C1=C/c1ccc[nH]1.O=S1(=O)[N-]S(=O)(=O)c2ccccc21. The molecule has 9 heteroatoms. The van der Waals surface area contributed by atoms with Crippen molar-refractivity contribution in [1.29, 1.82) is 0 Å². The van der Waals surface area contributed by atoms with E-state index >= 15 is 0 Å². The quantitative estimate of drug-likeness (QED) is 0.620. The summed E-state index contributed by atoms with van der Waals surface area (Å²) < 4.78 is 47.3. The lowest BCUT2D eigenvalue weighted by Gasteiger charge is -2.05. The van der Waals surface area contributed by atoms with E-state index in [0.29, 0.717) is 0 Å². The monoisotopic (exact) mass is 427 g/mol. The molecule has 0 saturated carbocycles. The second-order valence-corrected chi connectivity index (χ2v) is 9.83. The van der Waals surface area contributed by atoms with Gasteiger partial charge in [-0.1, -0.05) is 24.3 Å². The molecular weight excluding hydrogens is 410 g/mol. The number of H-pyrrole nitrogens is 1. The number of aromatic amines is 1. The lowest BCUT2D eigenvalue weighted by molar-refractivity contribution is -0.349. The number of hydrogen-bond acceptors (Lipinski definition) is 4. The van der Waals surface area contributed by atoms with Crippen LogP contribution in [-0.4, -0.2) is 27.5 Å². The van der Waals surface area contributed by atoms with Crippen LogP contribution in [0.2, 0.25) is 0 Å². The summed E-state index contributed by atoms with van der Waals surface area (Å²) >= 11 is 0. The van der Waals surface area contributed by atoms with Crippen LogP contribution >= 0.6 is 0 Å². The normalized spacial score (nSPS) is 19.1. The smallest absolute Gasteiger partial charge is 0.211 e. The van der Waals surface area contributed by atoms with Crippen molar-refractivity contribution in [1.82, 2.24) is 4.98 Å². The number of allylic oxidation sites excluding steroid dienone is 1. The van der Waals surface area contributed by atoms with Crippen LogP contribution in [0.15, 0.2) is 76.7 Å². The molecule has 5 rings (SSSR count). The molecule has 3 aromatic rings. The van der Waals surface area contributed by atoms with Gasteiger partial charge in [-0.2, -0.15) is 0 Å². The highest BCUT2D eigenvalue weighted by atomic mass is 32.3. The maximum Gasteiger partial charge on any atom is 0.211 e. The fourth-order valence-electron chi connectivity index (χ4n) is 3.16. The Labute approximate surface area is 168 Å². The average Bonchev–Trinajstić information content (AvgIpc) is 3.34. The molecule has 3 heterocycles. The molecule has 1 aromatic heterocycles. The number of benzene rings is 2. The molecule has 0 spiro atoms. The Morgan fingerprint density at radius 1 is 0.862 bits per heavy atom. The number of aromatic nitrogens is 1. The van der Waals surface area contributed by atoms with Crippen molar-refractivity contribution in [2.75, 3.05) is 0 Å². The van der Waals surface area contributed by atoms with Crippen molar-refractivity contribution < 1.29 is 21.8 Å². The van der Waals surface area contributed by atoms with Crippen molar-refractivity contribution in [2.24, 2.45) is 0 Å². The van der Waals surface area contributed by atoms with E-state index < -0.39 is 20.0 Å². The molecule has 2 aromatic carbocycles. The molecule has 0 aliphatic carbocycles. The van der Waals surface area contributed by atoms with Gasteiger partial charge in [-0.15, -0.1) is 0 Å². The third-order valence-corrected chi connectivity index (χ3v) is 7.99. The number of para-hydroxylation sites is 1. The topological polar surface area (TPSA) is 112 Å². The first-order valence-corrected chi connectivity index (χ1v) is 11.5. The van der Waals surface area contributed by atoms with Crippen molar-refractivity contribution in [3.05, 3.63) is 82.2 Å². The second-order valence-electron chi connectivity index (χ2n) is 6.45. The van der Waals surface area contributed by atoms with E-state index in [4.69, 9.17) is 0 Å². The second kappa shape index (κ2) is 7.11. The molecule has 0 atom stereocenters. The molecule has 0 unspecified atom stereocenters. The van der Waals surface area contributed by atoms with Gasteiger partial charge in [0.2, 0.25) is 5.69 Å². The van der Waals surface area contributed by atoms with E-state index in [9.17, 15) is 16.8 Å². The van der Waals surface area contributed by atoms with Gasteiger partial charge in [0.05, 0.1) is 20.9 Å². The van der Waals surface area contributed by atoms with Crippen LogP contribution in [0.25, 0.3) is 15.8 Å². The van der Waals surface area contributed by atoms with E-state index in [2.05, 4.69) is 57.4 Å². The van der Waals surface area contributed by atoms with Crippen molar-refractivity contribution in [3.63, 3.8) is 0 Å². The van der Waals surface area contributed by atoms with Gasteiger partial charge in [0.1, 0.15) is 20.0 Å². The average molecular weight is 428 g/mol. The van der Waals surface area contributed by atoms with E-state index in [1.54, 1.807) is 0 Å². The summed E-state index contributed by atoms with van der Waals surface area (Å²) in [5.41, 5.74) is 6.06.